The fourth-order valence-electron chi connectivity index (χ4n) is 0.906. The van der Waals surface area contributed by atoms with Gasteiger partial charge in [0.2, 0.25) is 5.91 Å². The topological polar surface area (TPSA) is 56.8 Å². The van der Waals surface area contributed by atoms with E-state index in [1.165, 1.54) is 6.92 Å². The average molecular weight is 231 g/mol. The molecular formula is C11H21NO4. The highest BCUT2D eigenvalue weighted by Gasteiger charge is 1.92. The largest absolute Gasteiger partial charge is 0.377 e. The average Bonchev–Trinajstić information content (AvgIpc) is 2.25. The van der Waals surface area contributed by atoms with Gasteiger partial charge in [-0.25, -0.2) is 0 Å². The Morgan fingerprint density at radius 3 is 2.25 bits per heavy atom. The van der Waals surface area contributed by atoms with E-state index < -0.39 is 0 Å². The van der Waals surface area contributed by atoms with Crippen LogP contribution in [0.15, 0.2) is 12.7 Å². The van der Waals surface area contributed by atoms with Gasteiger partial charge in [-0.3, -0.25) is 4.79 Å². The highest BCUT2D eigenvalue weighted by atomic mass is 16.5. The van der Waals surface area contributed by atoms with Crippen molar-refractivity contribution in [3.63, 3.8) is 0 Å². The van der Waals surface area contributed by atoms with Crippen LogP contribution in [0.25, 0.3) is 0 Å². The van der Waals surface area contributed by atoms with E-state index in [2.05, 4.69) is 11.9 Å². The standard InChI is InChI=1S/C11H21NO4/c1-3-5-14-7-9-16-10-8-15-6-4-12-11(2)13/h3H,1,4-10H2,2H3,(H,12,13). The molecule has 0 atom stereocenters. The van der Waals surface area contributed by atoms with E-state index in [4.69, 9.17) is 14.2 Å². The second-order valence-corrected chi connectivity index (χ2v) is 3.07. The molecule has 0 aliphatic heterocycles. The summed E-state index contributed by atoms with van der Waals surface area (Å²) in [7, 11) is 0. The van der Waals surface area contributed by atoms with Gasteiger partial charge in [0.25, 0.3) is 0 Å². The van der Waals surface area contributed by atoms with Crippen LogP contribution >= 0.6 is 0 Å². The monoisotopic (exact) mass is 231 g/mol. The lowest BCUT2D eigenvalue weighted by Gasteiger charge is -2.06. The third kappa shape index (κ3) is 13.1. The maximum atomic E-state index is 10.5. The zero-order valence-electron chi connectivity index (χ0n) is 9.87. The third-order valence-electron chi connectivity index (χ3n) is 1.60. The molecule has 0 unspecified atom stereocenters. The summed E-state index contributed by atoms with van der Waals surface area (Å²) in [6.07, 6.45) is 1.70. The molecule has 0 spiro atoms. The smallest absolute Gasteiger partial charge is 0.216 e. The number of amides is 1. The van der Waals surface area contributed by atoms with E-state index in [9.17, 15) is 4.79 Å². The number of rotatable bonds is 11. The first-order valence-corrected chi connectivity index (χ1v) is 5.36. The Kier molecular flexibility index (Phi) is 11.5. The molecule has 0 heterocycles. The molecule has 0 radical (unpaired) electrons. The fraction of sp³-hybridized carbons (Fsp3) is 0.727. The Morgan fingerprint density at radius 1 is 1.12 bits per heavy atom. The number of carbonyl (C=O) groups is 1. The van der Waals surface area contributed by atoms with E-state index in [0.29, 0.717) is 46.2 Å². The number of carbonyl (C=O) groups excluding carboxylic acids is 1. The lowest BCUT2D eigenvalue weighted by molar-refractivity contribution is -0.119. The van der Waals surface area contributed by atoms with Crippen LogP contribution in [0, 0.1) is 0 Å². The molecule has 5 heteroatoms. The Hall–Kier alpha value is -0.910. The molecule has 1 N–H and O–H groups in total. The van der Waals surface area contributed by atoms with Crippen molar-refractivity contribution in [2.45, 2.75) is 6.92 Å². The fourth-order valence-corrected chi connectivity index (χ4v) is 0.906. The van der Waals surface area contributed by atoms with Gasteiger partial charge in [0.15, 0.2) is 0 Å². The number of hydrogen-bond donors (Lipinski definition) is 1. The molecule has 0 aromatic rings. The molecule has 5 nitrogen and oxygen atoms in total. The van der Waals surface area contributed by atoms with Crippen molar-refractivity contribution in [3.05, 3.63) is 12.7 Å². The van der Waals surface area contributed by atoms with Crippen LogP contribution in [0.4, 0.5) is 0 Å². The van der Waals surface area contributed by atoms with Gasteiger partial charge in [-0.15, -0.1) is 6.58 Å². The molecule has 0 bridgehead atoms. The molecule has 0 saturated carbocycles. The summed E-state index contributed by atoms with van der Waals surface area (Å²) in [4.78, 5) is 10.5. The summed E-state index contributed by atoms with van der Waals surface area (Å²) in [5.74, 6) is -0.0424. The second-order valence-electron chi connectivity index (χ2n) is 3.07. The van der Waals surface area contributed by atoms with Crippen molar-refractivity contribution < 1.29 is 19.0 Å². The molecule has 0 aromatic heterocycles. The second kappa shape index (κ2) is 12.2. The third-order valence-corrected chi connectivity index (χ3v) is 1.60. The Balaban J connectivity index is 2.93. The van der Waals surface area contributed by atoms with Crippen LogP contribution in [0.3, 0.4) is 0 Å². The first-order chi connectivity index (χ1) is 7.77. The van der Waals surface area contributed by atoms with Gasteiger partial charge in [-0.1, -0.05) is 6.08 Å². The summed E-state index contributed by atoms with van der Waals surface area (Å²) in [6, 6.07) is 0. The van der Waals surface area contributed by atoms with E-state index in [-0.39, 0.29) is 5.91 Å². The van der Waals surface area contributed by atoms with E-state index in [1.54, 1.807) is 6.08 Å². The zero-order valence-corrected chi connectivity index (χ0v) is 9.87. The van der Waals surface area contributed by atoms with Gasteiger partial charge < -0.3 is 19.5 Å². The summed E-state index contributed by atoms with van der Waals surface area (Å²) >= 11 is 0. The molecule has 0 aliphatic rings. The first-order valence-electron chi connectivity index (χ1n) is 5.36. The van der Waals surface area contributed by atoms with Crippen LogP contribution in [0.1, 0.15) is 6.92 Å². The van der Waals surface area contributed by atoms with Gasteiger partial charge in [-0.05, 0) is 0 Å². The van der Waals surface area contributed by atoms with Crippen molar-refractivity contribution in [3.8, 4) is 0 Å². The van der Waals surface area contributed by atoms with E-state index in [1.807, 2.05) is 0 Å². The van der Waals surface area contributed by atoms with Crippen molar-refractivity contribution in [1.29, 1.82) is 0 Å². The Bertz CT molecular complexity index is 185. The quantitative estimate of drug-likeness (QED) is 0.412. The molecule has 0 rings (SSSR count). The molecular weight excluding hydrogens is 210 g/mol. The maximum Gasteiger partial charge on any atom is 0.216 e. The van der Waals surface area contributed by atoms with Crippen molar-refractivity contribution >= 4 is 5.91 Å². The summed E-state index contributed by atoms with van der Waals surface area (Å²) in [5.41, 5.74) is 0. The normalized spacial score (nSPS) is 10.1. The summed E-state index contributed by atoms with van der Waals surface area (Å²) in [5, 5.41) is 2.64. The van der Waals surface area contributed by atoms with Crippen LogP contribution in [0.2, 0.25) is 0 Å². The molecule has 0 aliphatic carbocycles. The molecule has 1 amide bonds. The highest BCUT2D eigenvalue weighted by Crippen LogP contribution is 1.81. The van der Waals surface area contributed by atoms with Gasteiger partial charge in [0.1, 0.15) is 0 Å². The minimum atomic E-state index is -0.0424. The molecule has 0 fully saturated rings. The molecule has 16 heavy (non-hydrogen) atoms. The van der Waals surface area contributed by atoms with E-state index in [0.717, 1.165) is 0 Å². The lowest BCUT2D eigenvalue weighted by Crippen LogP contribution is -2.25. The molecule has 0 saturated heterocycles. The Labute approximate surface area is 96.8 Å². The number of hydrogen-bond acceptors (Lipinski definition) is 4. The number of ether oxygens (including phenoxy) is 3. The first kappa shape index (κ1) is 15.1. The van der Waals surface area contributed by atoms with Crippen molar-refractivity contribution in [1.82, 2.24) is 5.32 Å². The molecule has 0 aromatic carbocycles. The van der Waals surface area contributed by atoms with Crippen molar-refractivity contribution in [2.75, 3.05) is 46.2 Å². The maximum absolute atomic E-state index is 10.5. The van der Waals surface area contributed by atoms with Crippen LogP contribution in [-0.4, -0.2) is 52.1 Å². The number of nitrogens with one attached hydrogen (secondary N) is 1. The van der Waals surface area contributed by atoms with Gasteiger partial charge in [-0.2, -0.15) is 0 Å². The Morgan fingerprint density at radius 2 is 1.69 bits per heavy atom. The minimum Gasteiger partial charge on any atom is -0.377 e. The zero-order chi connectivity index (χ0) is 12.1. The van der Waals surface area contributed by atoms with Crippen LogP contribution in [-0.2, 0) is 19.0 Å². The summed E-state index contributed by atoms with van der Waals surface area (Å²) in [6.45, 7) is 8.81. The van der Waals surface area contributed by atoms with Gasteiger partial charge in [0, 0.05) is 13.5 Å². The SMILES string of the molecule is C=CCOCCOCCOCCNC(C)=O. The molecule has 94 valence electrons. The summed E-state index contributed by atoms with van der Waals surface area (Å²) < 4.78 is 15.6. The lowest BCUT2D eigenvalue weighted by atomic mass is 10.6. The predicted molar refractivity (Wildman–Crippen MR) is 61.3 cm³/mol. The van der Waals surface area contributed by atoms with Gasteiger partial charge in [0.05, 0.1) is 39.6 Å². The highest BCUT2D eigenvalue weighted by molar-refractivity contribution is 5.72. The van der Waals surface area contributed by atoms with Gasteiger partial charge >= 0.3 is 0 Å². The predicted octanol–water partition coefficient (Wildman–Crippen LogP) is 0.358. The van der Waals surface area contributed by atoms with E-state index >= 15 is 0 Å². The minimum absolute atomic E-state index is 0.0424. The van der Waals surface area contributed by atoms with Crippen molar-refractivity contribution in [2.24, 2.45) is 0 Å². The van der Waals surface area contributed by atoms with Crippen LogP contribution < -0.4 is 5.32 Å². The van der Waals surface area contributed by atoms with Crippen LogP contribution in [0.5, 0.6) is 0 Å².